The molecule has 166 valence electrons. The molecule has 1 aromatic carbocycles. The van der Waals surface area contributed by atoms with E-state index in [0.717, 1.165) is 35.6 Å². The second-order valence-electron chi connectivity index (χ2n) is 7.66. The zero-order valence-corrected chi connectivity index (χ0v) is 17.8. The number of pyridine rings is 1. The van der Waals surface area contributed by atoms with Gasteiger partial charge in [0.05, 0.1) is 23.9 Å². The predicted octanol–water partition coefficient (Wildman–Crippen LogP) is 4.80. The fourth-order valence-corrected chi connectivity index (χ4v) is 4.49. The van der Waals surface area contributed by atoms with Crippen molar-refractivity contribution in [1.82, 2.24) is 14.9 Å². The van der Waals surface area contributed by atoms with Gasteiger partial charge in [-0.15, -0.1) is 0 Å². The normalized spacial score (nSPS) is 17.2. The van der Waals surface area contributed by atoms with E-state index in [0.29, 0.717) is 23.9 Å². The lowest BCUT2D eigenvalue weighted by Gasteiger charge is -2.34. The number of aromatic amines is 1. The van der Waals surface area contributed by atoms with Crippen LogP contribution in [-0.4, -0.2) is 46.2 Å². The maximum absolute atomic E-state index is 13.1. The Balaban J connectivity index is 1.45. The van der Waals surface area contributed by atoms with Gasteiger partial charge in [0.2, 0.25) is 0 Å². The van der Waals surface area contributed by atoms with Gasteiger partial charge < -0.3 is 15.4 Å². The molecule has 0 bridgehead atoms. The summed E-state index contributed by atoms with van der Waals surface area (Å²) in [5.41, 5.74) is 2.51. The van der Waals surface area contributed by atoms with Crippen LogP contribution in [0.15, 0.2) is 30.3 Å². The van der Waals surface area contributed by atoms with Crippen LogP contribution in [0, 0.1) is 0 Å². The van der Waals surface area contributed by atoms with Gasteiger partial charge in [-0.2, -0.15) is 13.2 Å². The summed E-state index contributed by atoms with van der Waals surface area (Å²) in [6.07, 6.45) is -3.37. The Morgan fingerprint density at radius 3 is 2.81 bits per heavy atom. The van der Waals surface area contributed by atoms with Crippen LogP contribution >= 0.6 is 11.6 Å². The number of aliphatic hydroxyl groups excluding tert-OH is 1. The highest BCUT2D eigenvalue weighted by molar-refractivity contribution is 6.31. The van der Waals surface area contributed by atoms with E-state index in [2.05, 4.69) is 20.2 Å². The summed E-state index contributed by atoms with van der Waals surface area (Å²) in [5.74, 6) is 0.420. The number of aromatic nitrogens is 2. The predicted molar refractivity (Wildman–Crippen MR) is 116 cm³/mol. The fraction of sp³-hybridized carbons (Fsp3) is 0.409. The van der Waals surface area contributed by atoms with Crippen molar-refractivity contribution in [1.29, 1.82) is 0 Å². The van der Waals surface area contributed by atoms with E-state index < -0.39 is 11.7 Å². The number of benzene rings is 1. The van der Waals surface area contributed by atoms with Crippen molar-refractivity contribution in [3.8, 4) is 0 Å². The molecule has 0 amide bonds. The summed E-state index contributed by atoms with van der Waals surface area (Å²) < 4.78 is 39.2. The molecule has 1 aliphatic heterocycles. The van der Waals surface area contributed by atoms with Gasteiger partial charge in [0.15, 0.2) is 0 Å². The molecule has 4 rings (SSSR count). The fourth-order valence-electron chi connectivity index (χ4n) is 4.32. The van der Waals surface area contributed by atoms with E-state index in [4.69, 9.17) is 11.6 Å². The van der Waals surface area contributed by atoms with Crippen LogP contribution in [0.1, 0.15) is 35.5 Å². The minimum absolute atomic E-state index is 0.0325. The van der Waals surface area contributed by atoms with Crippen molar-refractivity contribution in [2.75, 3.05) is 31.6 Å². The Hall–Kier alpha value is -2.29. The minimum Gasteiger partial charge on any atom is -0.394 e. The van der Waals surface area contributed by atoms with Crippen molar-refractivity contribution in [3.05, 3.63) is 57.9 Å². The van der Waals surface area contributed by atoms with Gasteiger partial charge in [0.1, 0.15) is 5.82 Å². The number of fused-ring (bicyclic) bond motifs is 3. The third-order valence-electron chi connectivity index (χ3n) is 5.82. The number of rotatable bonds is 6. The third kappa shape index (κ3) is 4.37. The molecule has 1 aliphatic rings. The van der Waals surface area contributed by atoms with Gasteiger partial charge in [-0.1, -0.05) is 18.5 Å². The molecule has 9 heteroatoms. The van der Waals surface area contributed by atoms with Crippen LogP contribution < -0.4 is 5.32 Å². The van der Waals surface area contributed by atoms with E-state index in [1.54, 1.807) is 6.92 Å². The number of hydrogen-bond donors (Lipinski definition) is 3. The number of aryl methyl sites for hydroxylation is 1. The topological polar surface area (TPSA) is 64.2 Å². The van der Waals surface area contributed by atoms with E-state index >= 15 is 0 Å². The number of aliphatic hydroxyl groups is 1. The molecule has 3 aromatic rings. The molecule has 5 nitrogen and oxygen atoms in total. The number of nitrogens with zero attached hydrogens (tertiary/aromatic N) is 2. The lowest BCUT2D eigenvalue weighted by molar-refractivity contribution is -0.138. The Morgan fingerprint density at radius 2 is 2.10 bits per heavy atom. The molecule has 31 heavy (non-hydrogen) atoms. The number of alkyl halides is 3. The van der Waals surface area contributed by atoms with Gasteiger partial charge in [0.25, 0.3) is 0 Å². The first kappa shape index (κ1) is 21.9. The van der Waals surface area contributed by atoms with Crippen LogP contribution in [0.5, 0.6) is 0 Å². The van der Waals surface area contributed by atoms with Gasteiger partial charge in [-0.25, -0.2) is 4.98 Å². The monoisotopic (exact) mass is 452 g/mol. The highest BCUT2D eigenvalue weighted by Gasteiger charge is 2.34. The lowest BCUT2D eigenvalue weighted by atomic mass is 9.97. The van der Waals surface area contributed by atoms with Crippen LogP contribution in [-0.2, 0) is 19.0 Å². The number of anilines is 1. The summed E-state index contributed by atoms with van der Waals surface area (Å²) in [4.78, 5) is 9.72. The SMILES string of the molecule is CCc1nc(NCCN2CCc3c([nH]c4ccc(Cl)cc34)C2CO)ccc1C(F)(F)F. The smallest absolute Gasteiger partial charge is 0.394 e. The maximum Gasteiger partial charge on any atom is 0.418 e. The molecule has 0 radical (unpaired) electrons. The van der Waals surface area contributed by atoms with E-state index in [9.17, 15) is 18.3 Å². The molecule has 0 aliphatic carbocycles. The molecule has 0 saturated heterocycles. The van der Waals surface area contributed by atoms with Crippen LogP contribution in [0.25, 0.3) is 10.9 Å². The Kier molecular flexibility index (Phi) is 6.14. The van der Waals surface area contributed by atoms with Crippen molar-refractivity contribution in [3.63, 3.8) is 0 Å². The van der Waals surface area contributed by atoms with Crippen molar-refractivity contribution in [2.45, 2.75) is 32.0 Å². The van der Waals surface area contributed by atoms with Crippen molar-refractivity contribution in [2.24, 2.45) is 0 Å². The second kappa shape index (κ2) is 8.68. The first-order chi connectivity index (χ1) is 14.8. The third-order valence-corrected chi connectivity index (χ3v) is 6.05. The van der Waals surface area contributed by atoms with Gasteiger partial charge in [-0.3, -0.25) is 4.90 Å². The van der Waals surface area contributed by atoms with Crippen molar-refractivity contribution >= 4 is 28.3 Å². The highest BCUT2D eigenvalue weighted by Crippen LogP contribution is 2.35. The Morgan fingerprint density at radius 1 is 1.29 bits per heavy atom. The summed E-state index contributed by atoms with van der Waals surface area (Å²) >= 11 is 6.15. The van der Waals surface area contributed by atoms with Crippen LogP contribution in [0.2, 0.25) is 5.02 Å². The zero-order chi connectivity index (χ0) is 22.2. The maximum atomic E-state index is 13.1. The summed E-state index contributed by atoms with van der Waals surface area (Å²) in [6, 6.07) is 7.98. The number of hydrogen-bond acceptors (Lipinski definition) is 4. The Bertz CT molecular complexity index is 1080. The molecule has 1 unspecified atom stereocenters. The van der Waals surface area contributed by atoms with Crippen molar-refractivity contribution < 1.29 is 18.3 Å². The minimum atomic E-state index is -4.40. The number of H-pyrrole nitrogens is 1. The average Bonchev–Trinajstić information content (AvgIpc) is 3.10. The Labute approximate surface area is 183 Å². The van der Waals surface area contributed by atoms with E-state index in [-0.39, 0.29) is 24.8 Å². The highest BCUT2D eigenvalue weighted by atomic mass is 35.5. The standard InChI is InChI=1S/C22H24ClF3N4O/c1-2-17-16(22(24,25)26)4-6-20(28-17)27-8-10-30-9-7-14-15-11-13(23)3-5-18(15)29-21(14)19(30)12-31/h3-6,11,19,29,31H,2,7-10,12H2,1H3,(H,27,28). The molecule has 3 heterocycles. The average molecular weight is 453 g/mol. The van der Waals surface area contributed by atoms with Gasteiger partial charge in [-0.05, 0) is 48.7 Å². The summed E-state index contributed by atoms with van der Waals surface area (Å²) in [7, 11) is 0. The molecule has 0 spiro atoms. The van der Waals surface area contributed by atoms with Crippen LogP contribution in [0.3, 0.4) is 0 Å². The molecular weight excluding hydrogens is 429 g/mol. The van der Waals surface area contributed by atoms with Crippen LogP contribution in [0.4, 0.5) is 19.0 Å². The first-order valence-electron chi connectivity index (χ1n) is 10.3. The first-order valence-corrected chi connectivity index (χ1v) is 10.7. The zero-order valence-electron chi connectivity index (χ0n) is 17.1. The summed E-state index contributed by atoms with van der Waals surface area (Å²) in [5, 5.41) is 14.9. The van der Waals surface area contributed by atoms with Gasteiger partial charge >= 0.3 is 6.18 Å². The largest absolute Gasteiger partial charge is 0.418 e. The number of halogens is 4. The summed E-state index contributed by atoms with van der Waals surface area (Å²) in [6.45, 7) is 3.50. The molecule has 3 N–H and O–H groups in total. The van der Waals surface area contributed by atoms with E-state index in [1.165, 1.54) is 11.6 Å². The van der Waals surface area contributed by atoms with E-state index in [1.807, 2.05) is 18.2 Å². The molecular formula is C22H24ClF3N4O. The quantitative estimate of drug-likeness (QED) is 0.502. The second-order valence-corrected chi connectivity index (χ2v) is 8.10. The molecule has 0 fully saturated rings. The lowest BCUT2D eigenvalue weighted by Crippen LogP contribution is -2.40. The van der Waals surface area contributed by atoms with Gasteiger partial charge in [0, 0.05) is 41.3 Å². The molecule has 0 saturated carbocycles. The number of nitrogens with one attached hydrogen (secondary N) is 2. The molecule has 2 aromatic heterocycles. The molecule has 1 atom stereocenters.